The van der Waals surface area contributed by atoms with Crippen LogP contribution < -0.4 is 34.4 Å². The summed E-state index contributed by atoms with van der Waals surface area (Å²) in [6.45, 7) is 6.46. The van der Waals surface area contributed by atoms with Crippen molar-refractivity contribution in [3.63, 3.8) is 0 Å². The van der Waals surface area contributed by atoms with Crippen LogP contribution in [0.4, 0.5) is 5.69 Å². The number of nitrogens with zero attached hydrogens (tertiary/aromatic N) is 2. The molecule has 1 N–H and O–H groups in total. The molecule has 0 saturated carbocycles. The van der Waals surface area contributed by atoms with Gasteiger partial charge in [-0.05, 0) is 85.5 Å². The fraction of sp³-hybridized carbons (Fsp3) is 0.184. The number of rotatable bonds is 10. The minimum atomic E-state index is -0.673. The number of fused-ring (bicyclic) bond motifs is 1. The second-order valence-electron chi connectivity index (χ2n) is 11.3. The zero-order valence-electron chi connectivity index (χ0n) is 27.0. The van der Waals surface area contributed by atoms with Crippen molar-refractivity contribution < 1.29 is 19.0 Å². The Hall–Kier alpha value is -5.12. The van der Waals surface area contributed by atoms with Crippen LogP contribution in [-0.4, -0.2) is 30.8 Å². The first kappa shape index (κ1) is 32.8. The van der Waals surface area contributed by atoms with Gasteiger partial charge in [0.05, 0.1) is 34.0 Å². The lowest BCUT2D eigenvalue weighted by Gasteiger charge is -2.25. The summed E-state index contributed by atoms with van der Waals surface area (Å²) in [5, 5.41) is 3.30. The van der Waals surface area contributed by atoms with Crippen LogP contribution in [0.3, 0.4) is 0 Å². The number of hydrogen-bond acceptors (Lipinski definition) is 7. The Bertz CT molecular complexity index is 2190. The van der Waals surface area contributed by atoms with E-state index in [-0.39, 0.29) is 18.1 Å². The van der Waals surface area contributed by atoms with E-state index >= 15 is 0 Å². The van der Waals surface area contributed by atoms with E-state index in [4.69, 9.17) is 30.8 Å². The average molecular weight is 680 g/mol. The number of hydrogen-bond donors (Lipinski definition) is 1. The van der Waals surface area contributed by atoms with Gasteiger partial charge in [-0.25, -0.2) is 4.99 Å². The van der Waals surface area contributed by atoms with Crippen LogP contribution in [0.25, 0.3) is 6.08 Å². The third-order valence-corrected chi connectivity index (χ3v) is 9.30. The van der Waals surface area contributed by atoms with Gasteiger partial charge in [-0.2, -0.15) is 0 Å². The van der Waals surface area contributed by atoms with E-state index in [9.17, 15) is 9.59 Å². The maximum absolute atomic E-state index is 14.1. The summed E-state index contributed by atoms with van der Waals surface area (Å²) in [7, 11) is 1.53. The highest BCUT2D eigenvalue weighted by Gasteiger charge is 2.32. The number of aryl methyl sites for hydroxylation is 2. The first-order chi connectivity index (χ1) is 23.2. The van der Waals surface area contributed by atoms with Crippen LogP contribution >= 0.6 is 22.9 Å². The molecule has 1 aliphatic rings. The number of methoxy groups -OCH3 is 1. The van der Waals surface area contributed by atoms with Gasteiger partial charge in [-0.1, -0.05) is 77.5 Å². The maximum atomic E-state index is 14.1. The number of nitrogens with one attached hydrogen (secondary N) is 1. The molecule has 10 heteroatoms. The van der Waals surface area contributed by atoms with Crippen molar-refractivity contribution in [2.24, 2.45) is 4.99 Å². The van der Waals surface area contributed by atoms with Crippen molar-refractivity contribution in [2.75, 3.05) is 25.6 Å². The molecule has 1 amide bonds. The zero-order chi connectivity index (χ0) is 33.8. The van der Waals surface area contributed by atoms with Crippen molar-refractivity contribution >= 4 is 40.6 Å². The minimum Gasteiger partial charge on any atom is -0.493 e. The van der Waals surface area contributed by atoms with Crippen molar-refractivity contribution in [1.29, 1.82) is 0 Å². The van der Waals surface area contributed by atoms with E-state index in [2.05, 4.69) is 12.2 Å². The van der Waals surface area contributed by atoms with Crippen molar-refractivity contribution in [3.8, 4) is 17.2 Å². The maximum Gasteiger partial charge on any atom is 0.271 e. The van der Waals surface area contributed by atoms with Gasteiger partial charge >= 0.3 is 0 Å². The molecular formula is C38H34ClN3O5S. The van der Waals surface area contributed by atoms with Crippen molar-refractivity contribution in [2.45, 2.75) is 26.8 Å². The Morgan fingerprint density at radius 3 is 2.35 bits per heavy atom. The lowest BCUT2D eigenvalue weighted by atomic mass is 9.95. The predicted molar refractivity (Wildman–Crippen MR) is 190 cm³/mol. The number of allylic oxidation sites excluding steroid dienone is 1. The second-order valence-corrected chi connectivity index (χ2v) is 12.7. The van der Waals surface area contributed by atoms with Crippen LogP contribution in [0, 0.1) is 13.8 Å². The standard InChI is InChI=1S/C38H34ClN3O5S/c1-23-15-16-29(19-24(23)2)46-17-18-47-35-30(39)20-26(21-31(35)45-4)22-32-37(44)42-34(27-11-7-5-8-12-27)33(25(3)40-38(42)48-32)36(43)41-28-13-9-6-10-14-28/h5-16,19-22,34H,17-18H2,1-4H3,(H,41,43)/b32-22-. The SMILES string of the molecule is COc1cc(/C=c2\sc3n(c2=O)C(c2ccccc2)C(C(=O)Nc2ccccc2)=C(C)N=3)cc(Cl)c1OCCOc1ccc(C)c(C)c1. The number of amides is 1. The Balaban J connectivity index is 1.30. The molecule has 8 nitrogen and oxygen atoms in total. The normalized spacial score (nSPS) is 14.3. The van der Waals surface area contributed by atoms with Crippen LogP contribution in [0.2, 0.25) is 5.02 Å². The zero-order valence-corrected chi connectivity index (χ0v) is 28.5. The molecule has 0 fully saturated rings. The highest BCUT2D eigenvalue weighted by Crippen LogP contribution is 2.37. The minimum absolute atomic E-state index is 0.250. The number of carbonyl (C=O) groups is 1. The molecule has 1 atom stereocenters. The van der Waals surface area contributed by atoms with Gasteiger partial charge in [0.1, 0.15) is 19.0 Å². The third kappa shape index (κ3) is 6.93. The summed E-state index contributed by atoms with van der Waals surface area (Å²) in [4.78, 5) is 33.0. The summed E-state index contributed by atoms with van der Waals surface area (Å²) in [5.74, 6) is 1.25. The molecule has 1 aromatic heterocycles. The number of benzene rings is 4. The molecule has 0 bridgehead atoms. The molecule has 1 aliphatic heterocycles. The number of carbonyl (C=O) groups excluding carboxylic acids is 1. The molecule has 244 valence electrons. The van der Waals surface area contributed by atoms with Gasteiger partial charge in [0.25, 0.3) is 11.5 Å². The van der Waals surface area contributed by atoms with Crippen LogP contribution in [0.15, 0.2) is 112 Å². The molecule has 6 rings (SSSR count). The fourth-order valence-corrected chi connectivity index (χ4v) is 6.82. The Morgan fingerprint density at radius 1 is 0.938 bits per heavy atom. The van der Waals surface area contributed by atoms with Gasteiger partial charge in [-0.3, -0.25) is 14.2 Å². The third-order valence-electron chi connectivity index (χ3n) is 8.04. The summed E-state index contributed by atoms with van der Waals surface area (Å²) in [6.07, 6.45) is 1.75. The van der Waals surface area contributed by atoms with Crippen LogP contribution in [0.5, 0.6) is 17.2 Å². The van der Waals surface area contributed by atoms with E-state index in [1.807, 2.05) is 85.8 Å². The smallest absolute Gasteiger partial charge is 0.271 e. The number of ether oxygens (including phenoxy) is 3. The summed E-state index contributed by atoms with van der Waals surface area (Å²) in [5.41, 5.74) is 5.12. The lowest BCUT2D eigenvalue weighted by Crippen LogP contribution is -2.40. The molecule has 2 heterocycles. The van der Waals surface area contributed by atoms with Gasteiger partial charge in [0.2, 0.25) is 0 Å². The van der Waals surface area contributed by atoms with Gasteiger partial charge < -0.3 is 19.5 Å². The van der Waals surface area contributed by atoms with Crippen molar-refractivity contribution in [1.82, 2.24) is 4.57 Å². The molecule has 4 aromatic carbocycles. The molecular weight excluding hydrogens is 646 g/mol. The largest absolute Gasteiger partial charge is 0.493 e. The summed E-state index contributed by atoms with van der Waals surface area (Å²) < 4.78 is 19.4. The van der Waals surface area contributed by atoms with E-state index < -0.39 is 6.04 Å². The van der Waals surface area contributed by atoms with Crippen LogP contribution in [-0.2, 0) is 4.79 Å². The predicted octanol–water partition coefficient (Wildman–Crippen LogP) is 6.61. The lowest BCUT2D eigenvalue weighted by molar-refractivity contribution is -0.113. The quantitative estimate of drug-likeness (QED) is 0.168. The van der Waals surface area contributed by atoms with E-state index in [1.54, 1.807) is 29.7 Å². The molecule has 48 heavy (non-hydrogen) atoms. The first-order valence-corrected chi connectivity index (χ1v) is 16.6. The number of anilines is 1. The molecule has 1 unspecified atom stereocenters. The average Bonchev–Trinajstić information content (AvgIpc) is 3.38. The molecule has 0 aliphatic carbocycles. The summed E-state index contributed by atoms with van der Waals surface area (Å²) in [6, 6.07) is 27.5. The summed E-state index contributed by atoms with van der Waals surface area (Å²) >= 11 is 7.93. The molecule has 5 aromatic rings. The Kier molecular flexibility index (Phi) is 9.80. The van der Waals surface area contributed by atoms with E-state index in [0.29, 0.717) is 55.0 Å². The second kappa shape index (κ2) is 14.3. The highest BCUT2D eigenvalue weighted by atomic mass is 35.5. The van der Waals surface area contributed by atoms with E-state index in [1.165, 1.54) is 24.0 Å². The number of thiazole rings is 1. The molecule has 0 saturated heterocycles. The first-order valence-electron chi connectivity index (χ1n) is 15.4. The molecule has 0 radical (unpaired) electrons. The monoisotopic (exact) mass is 679 g/mol. The Labute approximate surface area is 287 Å². The topological polar surface area (TPSA) is 91.2 Å². The molecule has 0 spiro atoms. The Morgan fingerprint density at radius 2 is 1.65 bits per heavy atom. The van der Waals surface area contributed by atoms with Crippen molar-refractivity contribution in [3.05, 3.63) is 149 Å². The van der Waals surface area contributed by atoms with Gasteiger partial charge in [0.15, 0.2) is 16.3 Å². The number of halogens is 1. The van der Waals surface area contributed by atoms with Gasteiger partial charge in [0, 0.05) is 5.69 Å². The van der Waals surface area contributed by atoms with Crippen LogP contribution in [0.1, 0.15) is 35.2 Å². The fourth-order valence-electron chi connectivity index (χ4n) is 5.50. The number of aromatic nitrogens is 1. The number of para-hydroxylation sites is 1. The van der Waals surface area contributed by atoms with Gasteiger partial charge in [-0.15, -0.1) is 0 Å². The van der Waals surface area contributed by atoms with E-state index in [0.717, 1.165) is 16.9 Å². The highest BCUT2D eigenvalue weighted by molar-refractivity contribution is 7.07.